The molecule has 4 rings (SSSR count). The normalized spacial score (nSPS) is 37.6. The van der Waals surface area contributed by atoms with Crippen molar-refractivity contribution in [1.82, 2.24) is 0 Å². The number of allylic oxidation sites excluding steroid dienone is 2. The lowest BCUT2D eigenvalue weighted by Gasteiger charge is -2.34. The highest BCUT2D eigenvalue weighted by Crippen LogP contribution is 2.77. The minimum absolute atomic E-state index is 0.120. The molecule has 26 heavy (non-hydrogen) atoms. The van der Waals surface area contributed by atoms with Crippen LogP contribution in [0.2, 0.25) is 0 Å². The number of nitrogens with zero attached hydrogens (tertiary/aromatic N) is 1. The van der Waals surface area contributed by atoms with Gasteiger partial charge in [0.2, 0.25) is 11.8 Å². The van der Waals surface area contributed by atoms with Crippen molar-refractivity contribution in [2.24, 2.45) is 11.8 Å². The van der Waals surface area contributed by atoms with Crippen LogP contribution in [0.3, 0.4) is 0 Å². The molecule has 1 saturated heterocycles. The summed E-state index contributed by atoms with van der Waals surface area (Å²) < 4.78 is 3.31. The van der Waals surface area contributed by atoms with Gasteiger partial charge in [-0.15, -0.1) is 23.2 Å². The number of ether oxygens (including phenoxy) is 1. The molecule has 2 fully saturated rings. The zero-order valence-corrected chi connectivity index (χ0v) is 17.4. The van der Waals surface area contributed by atoms with Gasteiger partial charge in [-0.3, -0.25) is 9.59 Å². The zero-order valence-electron chi connectivity index (χ0n) is 12.9. The number of fused-ring (bicyclic) bond motifs is 5. The van der Waals surface area contributed by atoms with Crippen LogP contribution in [0.5, 0.6) is 5.75 Å². The first kappa shape index (κ1) is 19.0. The summed E-state index contributed by atoms with van der Waals surface area (Å²) in [5.74, 6) is -3.22. The van der Waals surface area contributed by atoms with Crippen molar-refractivity contribution in [1.29, 1.82) is 0 Å². The molecular weight excluding hydrogens is 467 g/mol. The van der Waals surface area contributed by atoms with Crippen molar-refractivity contribution in [2.45, 2.75) is 14.1 Å². The number of halogens is 6. The van der Waals surface area contributed by atoms with Crippen molar-refractivity contribution in [3.8, 4) is 5.75 Å². The molecular formula is C16H9Cl6NO3. The van der Waals surface area contributed by atoms with Gasteiger partial charge in [0.05, 0.1) is 34.7 Å². The number of methoxy groups -OCH3 is 1. The van der Waals surface area contributed by atoms with Crippen molar-refractivity contribution < 1.29 is 14.3 Å². The largest absolute Gasteiger partial charge is 0.495 e. The van der Waals surface area contributed by atoms with Gasteiger partial charge in [-0.2, -0.15) is 0 Å². The van der Waals surface area contributed by atoms with Crippen molar-refractivity contribution in [3.63, 3.8) is 0 Å². The van der Waals surface area contributed by atoms with Gasteiger partial charge in [0.15, 0.2) is 4.33 Å². The van der Waals surface area contributed by atoms with E-state index < -0.39 is 37.7 Å². The third-order valence-electron chi connectivity index (χ3n) is 5.23. The van der Waals surface area contributed by atoms with E-state index in [0.717, 1.165) is 4.90 Å². The van der Waals surface area contributed by atoms with Crippen LogP contribution >= 0.6 is 69.6 Å². The van der Waals surface area contributed by atoms with Crippen molar-refractivity contribution >= 4 is 87.1 Å². The molecule has 4 nitrogen and oxygen atoms in total. The highest BCUT2D eigenvalue weighted by atomic mass is 35.5. The van der Waals surface area contributed by atoms with Crippen LogP contribution in [-0.4, -0.2) is 33.0 Å². The summed E-state index contributed by atoms with van der Waals surface area (Å²) in [5, 5.41) is -0.241. The number of benzene rings is 1. The van der Waals surface area contributed by atoms with Gasteiger partial charge in [-0.05, 0) is 12.1 Å². The Labute approximate surface area is 178 Å². The highest BCUT2D eigenvalue weighted by Gasteiger charge is 2.87. The van der Waals surface area contributed by atoms with E-state index in [4.69, 9.17) is 74.3 Å². The van der Waals surface area contributed by atoms with Gasteiger partial charge in [-0.1, -0.05) is 58.5 Å². The Kier molecular flexibility index (Phi) is 4.08. The molecule has 0 radical (unpaired) electrons. The topological polar surface area (TPSA) is 46.6 Å². The monoisotopic (exact) mass is 473 g/mol. The molecule has 0 aromatic heterocycles. The SMILES string of the molecule is COc1ccccc1N1C(=O)[C@@H]2[C@@H](C1=O)[C@]1(Cl)C(Cl)=C(Cl)[C@]2(Cl)C1(Cl)Cl. The first-order chi connectivity index (χ1) is 12.1. The second kappa shape index (κ2) is 5.59. The van der Waals surface area contributed by atoms with Crippen LogP contribution in [0.15, 0.2) is 34.3 Å². The number of carbonyl (C=O) groups excluding carboxylic acids is 2. The second-order valence-electron chi connectivity index (χ2n) is 6.26. The minimum Gasteiger partial charge on any atom is -0.495 e. The van der Waals surface area contributed by atoms with E-state index in [1.165, 1.54) is 7.11 Å². The zero-order chi connectivity index (χ0) is 19.2. The molecule has 1 heterocycles. The van der Waals surface area contributed by atoms with Crippen LogP contribution < -0.4 is 9.64 Å². The van der Waals surface area contributed by atoms with Gasteiger partial charge in [0, 0.05) is 0 Å². The first-order valence-corrected chi connectivity index (χ1v) is 9.66. The summed E-state index contributed by atoms with van der Waals surface area (Å²) in [6.45, 7) is 0. The standard InChI is InChI=1S/C16H9Cl6NO3/c1-26-7-5-3-2-4-6(7)23-12(24)8-9(13(23)25)15(20)11(18)10(17)14(8,19)16(15,21)22/h2-5,8-9H,1H3/t8-,9-,14-,15-/m0/s1. The lowest BCUT2D eigenvalue weighted by atomic mass is 9.84. The molecule has 1 aromatic carbocycles. The maximum Gasteiger partial charge on any atom is 0.240 e. The summed E-state index contributed by atoms with van der Waals surface area (Å²) in [6, 6.07) is 6.57. The predicted octanol–water partition coefficient (Wildman–Crippen LogP) is 4.65. The van der Waals surface area contributed by atoms with Gasteiger partial charge in [-0.25, -0.2) is 4.90 Å². The van der Waals surface area contributed by atoms with Crippen LogP contribution in [-0.2, 0) is 9.59 Å². The molecule has 0 N–H and O–H groups in total. The first-order valence-electron chi connectivity index (χ1n) is 7.39. The van der Waals surface area contributed by atoms with Crippen molar-refractivity contribution in [3.05, 3.63) is 34.3 Å². The lowest BCUT2D eigenvalue weighted by molar-refractivity contribution is -0.123. The Morgan fingerprint density at radius 1 is 0.923 bits per heavy atom. The van der Waals surface area contributed by atoms with Crippen LogP contribution in [0.1, 0.15) is 0 Å². The van der Waals surface area contributed by atoms with Gasteiger partial charge < -0.3 is 4.74 Å². The molecule has 10 heteroatoms. The average molecular weight is 476 g/mol. The molecule has 2 bridgehead atoms. The Balaban J connectivity index is 1.93. The Morgan fingerprint density at radius 2 is 1.38 bits per heavy atom. The van der Waals surface area contributed by atoms with Crippen molar-refractivity contribution in [2.75, 3.05) is 12.0 Å². The summed E-state index contributed by atoms with van der Waals surface area (Å²) in [7, 11) is 1.43. The van der Waals surface area contributed by atoms with Gasteiger partial charge in [0.25, 0.3) is 0 Å². The fourth-order valence-corrected chi connectivity index (χ4v) is 6.98. The van der Waals surface area contributed by atoms with E-state index >= 15 is 0 Å². The molecule has 1 aromatic rings. The molecule has 3 aliphatic rings. The van der Waals surface area contributed by atoms with E-state index in [0.29, 0.717) is 5.75 Å². The van der Waals surface area contributed by atoms with E-state index in [1.54, 1.807) is 24.3 Å². The van der Waals surface area contributed by atoms with Crippen LogP contribution in [0, 0.1) is 11.8 Å². The minimum atomic E-state index is -1.94. The lowest BCUT2D eigenvalue weighted by Crippen LogP contribution is -2.50. The Hall–Kier alpha value is -0.360. The molecule has 2 amide bonds. The van der Waals surface area contributed by atoms with E-state index in [1.807, 2.05) is 0 Å². The van der Waals surface area contributed by atoms with Gasteiger partial charge in [0.1, 0.15) is 15.5 Å². The molecule has 4 atom stereocenters. The fraction of sp³-hybridized carbons (Fsp3) is 0.375. The molecule has 2 aliphatic carbocycles. The third kappa shape index (κ3) is 1.77. The number of anilines is 1. The van der Waals surface area contributed by atoms with Crippen LogP contribution in [0.25, 0.3) is 0 Å². The molecule has 0 unspecified atom stereocenters. The van der Waals surface area contributed by atoms with E-state index in [2.05, 4.69) is 0 Å². The summed E-state index contributed by atoms with van der Waals surface area (Å²) in [6.07, 6.45) is 0. The summed E-state index contributed by atoms with van der Waals surface area (Å²) in [5.41, 5.74) is 0.265. The maximum atomic E-state index is 13.2. The number of hydrogen-bond acceptors (Lipinski definition) is 3. The smallest absolute Gasteiger partial charge is 0.240 e. The van der Waals surface area contributed by atoms with Crippen LogP contribution in [0.4, 0.5) is 5.69 Å². The van der Waals surface area contributed by atoms with E-state index in [9.17, 15) is 9.59 Å². The number of carbonyl (C=O) groups is 2. The van der Waals surface area contributed by atoms with Gasteiger partial charge >= 0.3 is 0 Å². The maximum absolute atomic E-state index is 13.2. The number of amides is 2. The third-order valence-corrected chi connectivity index (χ3v) is 9.49. The Morgan fingerprint density at radius 3 is 1.85 bits per heavy atom. The number of imide groups is 1. The average Bonchev–Trinajstić information content (AvgIpc) is 2.99. The fourth-order valence-electron chi connectivity index (χ4n) is 4.05. The van der Waals surface area contributed by atoms with E-state index in [-0.39, 0.29) is 15.8 Å². The molecule has 1 saturated carbocycles. The Bertz CT molecular complexity index is 856. The molecule has 0 spiro atoms. The molecule has 138 valence electrons. The summed E-state index contributed by atoms with van der Waals surface area (Å²) in [4.78, 5) is 23.8. The second-order valence-corrected chi connectivity index (χ2v) is 9.54. The molecule has 1 aliphatic heterocycles. The predicted molar refractivity (Wildman–Crippen MR) is 103 cm³/mol. The number of para-hydroxylation sites is 2. The number of rotatable bonds is 2. The summed E-state index contributed by atoms with van der Waals surface area (Å²) >= 11 is 38.7. The highest BCUT2D eigenvalue weighted by molar-refractivity contribution is 6.67. The quantitative estimate of drug-likeness (QED) is 0.462. The number of alkyl halides is 4. The number of hydrogen-bond donors (Lipinski definition) is 0.